The van der Waals surface area contributed by atoms with Crippen LogP contribution in [0.3, 0.4) is 0 Å². The van der Waals surface area contributed by atoms with E-state index in [-0.39, 0.29) is 6.54 Å². The highest BCUT2D eigenvalue weighted by molar-refractivity contribution is 5.86. The Labute approximate surface area is 87.6 Å². The van der Waals surface area contributed by atoms with Crippen molar-refractivity contribution >= 4 is 17.8 Å². The Kier molecular flexibility index (Phi) is 5.36. The van der Waals surface area contributed by atoms with Crippen LogP contribution in [0.4, 0.5) is 0 Å². The van der Waals surface area contributed by atoms with Crippen LogP contribution in [0.1, 0.15) is 13.8 Å². The van der Waals surface area contributed by atoms with Crippen molar-refractivity contribution in [3.05, 3.63) is 0 Å². The minimum atomic E-state index is -1.05. The Morgan fingerprint density at radius 2 is 1.80 bits per heavy atom. The fourth-order valence-corrected chi connectivity index (χ4v) is 0.833. The van der Waals surface area contributed by atoms with Crippen LogP contribution in [0, 0.1) is 11.8 Å². The largest absolute Gasteiger partial charge is 0.481 e. The zero-order chi connectivity index (χ0) is 12.0. The predicted octanol–water partition coefficient (Wildman–Crippen LogP) is -0.368. The van der Waals surface area contributed by atoms with Gasteiger partial charge in [-0.05, 0) is 0 Å². The first-order chi connectivity index (χ1) is 6.90. The van der Waals surface area contributed by atoms with Crippen molar-refractivity contribution in [3.8, 4) is 0 Å². The summed E-state index contributed by atoms with van der Waals surface area (Å²) in [5.41, 5.74) is 0. The monoisotopic (exact) mass is 217 g/mol. The molecule has 0 spiro atoms. The molecule has 0 aliphatic heterocycles. The molecule has 0 saturated heterocycles. The lowest BCUT2D eigenvalue weighted by atomic mass is 9.95. The first-order valence-corrected chi connectivity index (χ1v) is 4.47. The summed E-state index contributed by atoms with van der Waals surface area (Å²) >= 11 is 0. The van der Waals surface area contributed by atoms with E-state index in [9.17, 15) is 14.4 Å². The van der Waals surface area contributed by atoms with Gasteiger partial charge in [0.1, 0.15) is 6.54 Å². The maximum atomic E-state index is 11.3. The van der Waals surface area contributed by atoms with Gasteiger partial charge < -0.3 is 15.2 Å². The van der Waals surface area contributed by atoms with Crippen molar-refractivity contribution < 1.29 is 24.2 Å². The van der Waals surface area contributed by atoms with Crippen LogP contribution in [-0.2, 0) is 19.1 Å². The molecule has 1 amide bonds. The number of hydrogen-bond acceptors (Lipinski definition) is 4. The second kappa shape index (κ2) is 6.00. The van der Waals surface area contributed by atoms with Gasteiger partial charge in [-0.2, -0.15) is 0 Å². The Morgan fingerprint density at radius 3 is 2.20 bits per heavy atom. The summed E-state index contributed by atoms with van der Waals surface area (Å²) in [5.74, 6) is -3.57. The molecule has 0 rings (SSSR count). The van der Waals surface area contributed by atoms with Gasteiger partial charge in [0.2, 0.25) is 5.91 Å². The third-order valence-electron chi connectivity index (χ3n) is 2.19. The number of esters is 1. The van der Waals surface area contributed by atoms with E-state index < -0.39 is 29.7 Å². The van der Waals surface area contributed by atoms with Crippen LogP contribution in [0.25, 0.3) is 0 Å². The fraction of sp³-hybridized carbons (Fsp3) is 0.667. The van der Waals surface area contributed by atoms with Crippen molar-refractivity contribution in [2.24, 2.45) is 11.8 Å². The number of hydrogen-bond donors (Lipinski definition) is 2. The van der Waals surface area contributed by atoms with Crippen LogP contribution in [-0.4, -0.2) is 36.6 Å². The molecule has 6 heteroatoms. The first kappa shape index (κ1) is 13.4. The molecule has 0 bridgehead atoms. The quantitative estimate of drug-likeness (QED) is 0.613. The zero-order valence-corrected chi connectivity index (χ0v) is 8.94. The molecule has 0 aromatic carbocycles. The lowest BCUT2D eigenvalue weighted by Gasteiger charge is -2.14. The first-order valence-electron chi connectivity index (χ1n) is 4.47. The van der Waals surface area contributed by atoms with Gasteiger partial charge >= 0.3 is 11.9 Å². The van der Waals surface area contributed by atoms with E-state index in [0.717, 1.165) is 0 Å². The van der Waals surface area contributed by atoms with Gasteiger partial charge in [0, 0.05) is 5.92 Å². The van der Waals surface area contributed by atoms with E-state index in [1.807, 2.05) is 0 Å². The normalized spacial score (nSPS) is 13.8. The Hall–Kier alpha value is -1.59. The van der Waals surface area contributed by atoms with Crippen LogP contribution < -0.4 is 5.32 Å². The highest BCUT2D eigenvalue weighted by Gasteiger charge is 2.25. The zero-order valence-electron chi connectivity index (χ0n) is 8.94. The molecular weight excluding hydrogens is 202 g/mol. The number of methoxy groups -OCH3 is 1. The second-order valence-corrected chi connectivity index (χ2v) is 3.21. The molecule has 0 aliphatic carbocycles. The Morgan fingerprint density at radius 1 is 1.27 bits per heavy atom. The second-order valence-electron chi connectivity index (χ2n) is 3.21. The van der Waals surface area contributed by atoms with Gasteiger partial charge in [-0.15, -0.1) is 0 Å². The number of nitrogens with one attached hydrogen (secondary N) is 1. The van der Waals surface area contributed by atoms with Crippen molar-refractivity contribution in [1.29, 1.82) is 0 Å². The molecule has 86 valence electrons. The fourth-order valence-electron chi connectivity index (χ4n) is 0.833. The van der Waals surface area contributed by atoms with Crippen molar-refractivity contribution in [2.75, 3.05) is 13.7 Å². The highest BCUT2D eigenvalue weighted by Crippen LogP contribution is 2.10. The molecule has 0 aromatic rings. The number of rotatable bonds is 5. The molecule has 2 atom stereocenters. The van der Waals surface area contributed by atoms with Gasteiger partial charge in [-0.1, -0.05) is 13.8 Å². The average Bonchev–Trinajstić information content (AvgIpc) is 2.22. The van der Waals surface area contributed by atoms with Crippen LogP contribution >= 0.6 is 0 Å². The minimum absolute atomic E-state index is 0.244. The van der Waals surface area contributed by atoms with Gasteiger partial charge in [-0.3, -0.25) is 14.4 Å². The van der Waals surface area contributed by atoms with E-state index in [1.54, 1.807) is 0 Å². The van der Waals surface area contributed by atoms with E-state index in [2.05, 4.69) is 10.1 Å². The molecule has 0 aliphatic rings. The van der Waals surface area contributed by atoms with Gasteiger partial charge in [0.15, 0.2) is 0 Å². The standard InChI is InChI=1S/C9H15NO5/c1-5(6(2)9(13)14)8(12)10-4-7(11)15-3/h5-6H,4H2,1-3H3,(H,10,12)(H,13,14). The number of aliphatic carboxylic acids is 1. The summed E-state index contributed by atoms with van der Waals surface area (Å²) in [4.78, 5) is 32.6. The number of carbonyl (C=O) groups is 3. The molecule has 0 radical (unpaired) electrons. The molecule has 0 heterocycles. The predicted molar refractivity (Wildman–Crippen MR) is 51.0 cm³/mol. The lowest BCUT2D eigenvalue weighted by molar-refractivity contribution is -0.146. The van der Waals surface area contributed by atoms with E-state index in [1.165, 1.54) is 21.0 Å². The Balaban J connectivity index is 4.10. The molecule has 6 nitrogen and oxygen atoms in total. The number of carboxylic acid groups (broad SMARTS) is 1. The van der Waals surface area contributed by atoms with Crippen molar-refractivity contribution in [3.63, 3.8) is 0 Å². The Bertz CT molecular complexity index is 263. The van der Waals surface area contributed by atoms with E-state index in [0.29, 0.717) is 0 Å². The molecule has 0 fully saturated rings. The SMILES string of the molecule is COC(=O)CNC(=O)C(C)C(C)C(=O)O. The lowest BCUT2D eigenvalue weighted by Crippen LogP contribution is -2.38. The molecule has 0 saturated carbocycles. The van der Waals surface area contributed by atoms with E-state index >= 15 is 0 Å². The van der Waals surface area contributed by atoms with Gasteiger partial charge in [0.05, 0.1) is 13.0 Å². The third-order valence-corrected chi connectivity index (χ3v) is 2.19. The van der Waals surface area contributed by atoms with Gasteiger partial charge in [0.25, 0.3) is 0 Å². The number of carboxylic acids is 1. The van der Waals surface area contributed by atoms with Crippen molar-refractivity contribution in [2.45, 2.75) is 13.8 Å². The molecule has 15 heavy (non-hydrogen) atoms. The van der Waals surface area contributed by atoms with Crippen LogP contribution in [0.15, 0.2) is 0 Å². The maximum Gasteiger partial charge on any atom is 0.325 e. The number of amides is 1. The highest BCUT2D eigenvalue weighted by atomic mass is 16.5. The van der Waals surface area contributed by atoms with Crippen LogP contribution in [0.5, 0.6) is 0 Å². The topological polar surface area (TPSA) is 92.7 Å². The number of carbonyl (C=O) groups excluding carboxylic acids is 2. The summed E-state index contributed by atoms with van der Waals surface area (Å²) < 4.78 is 4.32. The maximum absolute atomic E-state index is 11.3. The summed E-state index contributed by atoms with van der Waals surface area (Å²) in [6, 6.07) is 0. The summed E-state index contributed by atoms with van der Waals surface area (Å²) in [6.45, 7) is 2.68. The summed E-state index contributed by atoms with van der Waals surface area (Å²) in [7, 11) is 1.21. The average molecular weight is 217 g/mol. The summed E-state index contributed by atoms with van der Waals surface area (Å²) in [6.07, 6.45) is 0. The number of ether oxygens (including phenoxy) is 1. The third kappa shape index (κ3) is 4.44. The smallest absolute Gasteiger partial charge is 0.325 e. The van der Waals surface area contributed by atoms with Gasteiger partial charge in [-0.25, -0.2) is 0 Å². The van der Waals surface area contributed by atoms with E-state index in [4.69, 9.17) is 5.11 Å². The molecular formula is C9H15NO5. The molecule has 2 N–H and O–H groups in total. The summed E-state index contributed by atoms with van der Waals surface area (Å²) in [5, 5.41) is 10.9. The molecule has 2 unspecified atom stereocenters. The molecule has 0 aromatic heterocycles. The minimum Gasteiger partial charge on any atom is -0.481 e. The van der Waals surface area contributed by atoms with Crippen LogP contribution in [0.2, 0.25) is 0 Å². The van der Waals surface area contributed by atoms with Crippen molar-refractivity contribution in [1.82, 2.24) is 5.32 Å².